The van der Waals surface area contributed by atoms with Gasteiger partial charge in [-0.15, -0.1) is 0 Å². The van der Waals surface area contributed by atoms with E-state index in [4.69, 9.17) is 9.47 Å². The zero-order valence-corrected chi connectivity index (χ0v) is 13.5. The summed E-state index contributed by atoms with van der Waals surface area (Å²) < 4.78 is 12.1. The van der Waals surface area contributed by atoms with Crippen LogP contribution in [0.3, 0.4) is 0 Å². The monoisotopic (exact) mass is 342 g/mol. The Bertz CT molecular complexity index is 908. The van der Waals surface area contributed by atoms with Crippen LogP contribution >= 0.6 is 0 Å². The predicted octanol–water partition coefficient (Wildman–Crippen LogP) is 2.42. The van der Waals surface area contributed by atoms with Crippen molar-refractivity contribution in [3.05, 3.63) is 69.2 Å². The quantitative estimate of drug-likeness (QED) is 0.611. The number of fused-ring (bicyclic) bond motifs is 1. The highest BCUT2D eigenvalue weighted by Crippen LogP contribution is 2.27. The number of carbonyl (C=O) groups is 2. The number of allylic oxidation sites excluding steroid dienone is 2. The number of ketones is 2. The molecule has 2 aromatic rings. The number of hydrogen-bond acceptors (Lipinski definition) is 6. The Morgan fingerprint density at radius 2 is 1.88 bits per heavy atom. The first-order chi connectivity index (χ1) is 11.9. The van der Waals surface area contributed by atoms with Gasteiger partial charge in [-0.05, 0) is 12.1 Å². The first-order valence-electron chi connectivity index (χ1n) is 7.32. The molecular formula is C17H14N2O6. The summed E-state index contributed by atoms with van der Waals surface area (Å²) in [5.41, 5.74) is 1.04. The van der Waals surface area contributed by atoms with Crippen molar-refractivity contribution >= 4 is 17.3 Å². The largest absolute Gasteiger partial charge is 0.492 e. The lowest BCUT2D eigenvalue weighted by molar-refractivity contribution is -0.384. The van der Waals surface area contributed by atoms with Crippen molar-refractivity contribution in [1.29, 1.82) is 0 Å². The molecule has 0 aliphatic heterocycles. The fraction of sp³-hybridized carbons (Fsp3) is 0.176. The summed E-state index contributed by atoms with van der Waals surface area (Å²) in [6.07, 6.45) is 2.82. The molecule has 0 saturated heterocycles. The van der Waals surface area contributed by atoms with E-state index in [-0.39, 0.29) is 40.9 Å². The molecule has 0 unspecified atom stereocenters. The number of ether oxygens (including phenoxy) is 2. The fourth-order valence-electron chi connectivity index (χ4n) is 2.70. The van der Waals surface area contributed by atoms with Crippen molar-refractivity contribution in [1.82, 2.24) is 4.57 Å². The van der Waals surface area contributed by atoms with Crippen LogP contribution in [0, 0.1) is 10.1 Å². The van der Waals surface area contributed by atoms with E-state index >= 15 is 0 Å². The molecule has 25 heavy (non-hydrogen) atoms. The summed E-state index contributed by atoms with van der Waals surface area (Å²) in [4.78, 5) is 34.8. The highest BCUT2D eigenvalue weighted by atomic mass is 16.6. The Morgan fingerprint density at radius 3 is 2.48 bits per heavy atom. The molecule has 3 rings (SSSR count). The van der Waals surface area contributed by atoms with Gasteiger partial charge in [0.2, 0.25) is 11.6 Å². The van der Waals surface area contributed by atoms with Crippen LogP contribution in [-0.2, 0) is 18.4 Å². The Labute approximate surface area is 142 Å². The number of nitro groups is 1. The summed E-state index contributed by atoms with van der Waals surface area (Å²) in [5.74, 6) is -0.281. The molecule has 1 heterocycles. The van der Waals surface area contributed by atoms with E-state index in [2.05, 4.69) is 0 Å². The van der Waals surface area contributed by atoms with Crippen LogP contribution in [0.2, 0.25) is 0 Å². The van der Waals surface area contributed by atoms with Crippen LogP contribution < -0.4 is 4.74 Å². The molecule has 0 atom stereocenters. The molecule has 0 fully saturated rings. The number of Topliss-reactive ketones (excluding diaryl/α,β-unsaturated/α-hetero) is 1. The number of benzene rings is 1. The third kappa shape index (κ3) is 2.89. The molecule has 8 nitrogen and oxygen atoms in total. The molecule has 1 aliphatic rings. The van der Waals surface area contributed by atoms with Crippen LogP contribution in [0.1, 0.15) is 26.4 Å². The lowest BCUT2D eigenvalue weighted by Crippen LogP contribution is -2.20. The molecule has 0 spiro atoms. The maximum absolute atomic E-state index is 12.5. The van der Waals surface area contributed by atoms with Crippen molar-refractivity contribution in [3.8, 4) is 5.75 Å². The predicted molar refractivity (Wildman–Crippen MR) is 86.6 cm³/mol. The number of carbonyl (C=O) groups excluding carboxylic acids is 2. The highest BCUT2D eigenvalue weighted by molar-refractivity contribution is 6.23. The SMILES string of the molecule is COC1=CC(=O)c2c(c(COc3ccc([N+](=O)[O-])cc3)cn2C)C1=O. The second kappa shape index (κ2) is 6.23. The third-order valence-corrected chi connectivity index (χ3v) is 3.87. The Morgan fingerprint density at radius 1 is 1.20 bits per heavy atom. The molecule has 1 aliphatic carbocycles. The molecule has 0 radical (unpaired) electrons. The van der Waals surface area contributed by atoms with Crippen molar-refractivity contribution < 1.29 is 24.0 Å². The number of nitro benzene ring substituents is 1. The molecule has 1 aromatic heterocycles. The van der Waals surface area contributed by atoms with Gasteiger partial charge in [-0.3, -0.25) is 19.7 Å². The van der Waals surface area contributed by atoms with Gasteiger partial charge in [-0.2, -0.15) is 0 Å². The standard InChI is InChI=1S/C17H14N2O6/c1-18-8-10(9-25-12-5-3-11(4-6-12)19(22)23)15-16(18)13(20)7-14(24-2)17(15)21/h3-8H,9H2,1-2H3. The van der Waals surface area contributed by atoms with Gasteiger partial charge in [0.15, 0.2) is 5.76 Å². The maximum atomic E-state index is 12.5. The minimum absolute atomic E-state index is 0.0136. The van der Waals surface area contributed by atoms with Gasteiger partial charge in [-0.25, -0.2) is 0 Å². The van der Waals surface area contributed by atoms with Crippen LogP contribution in [-0.4, -0.2) is 28.2 Å². The van der Waals surface area contributed by atoms with Crippen molar-refractivity contribution in [2.24, 2.45) is 7.05 Å². The van der Waals surface area contributed by atoms with Crippen LogP contribution in [0.25, 0.3) is 0 Å². The van der Waals surface area contributed by atoms with Gasteiger partial charge >= 0.3 is 0 Å². The second-order valence-electron chi connectivity index (χ2n) is 5.43. The van der Waals surface area contributed by atoms with Gasteiger partial charge < -0.3 is 14.0 Å². The third-order valence-electron chi connectivity index (χ3n) is 3.87. The van der Waals surface area contributed by atoms with E-state index in [9.17, 15) is 19.7 Å². The van der Waals surface area contributed by atoms with E-state index < -0.39 is 4.92 Å². The van der Waals surface area contributed by atoms with E-state index in [1.807, 2.05) is 0 Å². The van der Waals surface area contributed by atoms with E-state index in [1.54, 1.807) is 17.8 Å². The Hall–Kier alpha value is -3.42. The highest BCUT2D eigenvalue weighted by Gasteiger charge is 2.32. The molecular weight excluding hydrogens is 328 g/mol. The number of methoxy groups -OCH3 is 1. The molecule has 1 aromatic carbocycles. The summed E-state index contributed by atoms with van der Waals surface area (Å²) >= 11 is 0. The summed E-state index contributed by atoms with van der Waals surface area (Å²) in [5, 5.41) is 10.7. The van der Waals surface area contributed by atoms with Gasteiger partial charge in [0.05, 0.1) is 17.6 Å². The molecule has 0 N–H and O–H groups in total. The average Bonchev–Trinajstić information content (AvgIpc) is 2.93. The lowest BCUT2D eigenvalue weighted by Gasteiger charge is -2.13. The minimum Gasteiger partial charge on any atom is -0.492 e. The van der Waals surface area contributed by atoms with E-state index in [0.29, 0.717) is 11.3 Å². The van der Waals surface area contributed by atoms with Gasteiger partial charge in [0.1, 0.15) is 18.1 Å². The topological polar surface area (TPSA) is 101 Å². The van der Waals surface area contributed by atoms with Crippen LogP contribution in [0.15, 0.2) is 42.3 Å². The number of hydrogen-bond donors (Lipinski definition) is 0. The second-order valence-corrected chi connectivity index (χ2v) is 5.43. The van der Waals surface area contributed by atoms with Gasteiger partial charge in [-0.1, -0.05) is 0 Å². The normalized spacial score (nSPS) is 13.3. The van der Waals surface area contributed by atoms with Gasteiger partial charge in [0, 0.05) is 37.0 Å². The van der Waals surface area contributed by atoms with E-state index in [0.717, 1.165) is 0 Å². The summed E-state index contributed by atoms with van der Waals surface area (Å²) in [7, 11) is 3.00. The summed E-state index contributed by atoms with van der Waals surface area (Å²) in [6.45, 7) is 0.0387. The van der Waals surface area contributed by atoms with E-state index in [1.165, 1.54) is 37.5 Å². The van der Waals surface area contributed by atoms with Crippen molar-refractivity contribution in [3.63, 3.8) is 0 Å². The molecule has 0 saturated carbocycles. The van der Waals surface area contributed by atoms with Crippen molar-refractivity contribution in [2.75, 3.05) is 7.11 Å². The Balaban J connectivity index is 1.86. The Kier molecular flexibility index (Phi) is 4.10. The first kappa shape index (κ1) is 16.4. The number of non-ortho nitro benzene ring substituents is 1. The van der Waals surface area contributed by atoms with Crippen LogP contribution in [0.5, 0.6) is 5.75 Å². The number of aryl methyl sites for hydroxylation is 1. The number of aromatic nitrogens is 1. The fourth-order valence-corrected chi connectivity index (χ4v) is 2.70. The average molecular weight is 342 g/mol. The summed E-state index contributed by atoms with van der Waals surface area (Å²) in [6, 6.07) is 5.61. The molecule has 128 valence electrons. The molecule has 0 amide bonds. The first-order valence-corrected chi connectivity index (χ1v) is 7.32. The smallest absolute Gasteiger partial charge is 0.269 e. The minimum atomic E-state index is -0.500. The van der Waals surface area contributed by atoms with Gasteiger partial charge in [0.25, 0.3) is 5.69 Å². The zero-order valence-electron chi connectivity index (χ0n) is 13.5. The maximum Gasteiger partial charge on any atom is 0.269 e. The van der Waals surface area contributed by atoms with Crippen molar-refractivity contribution in [2.45, 2.75) is 6.61 Å². The lowest BCUT2D eigenvalue weighted by atomic mass is 9.97. The van der Waals surface area contributed by atoms with Crippen LogP contribution in [0.4, 0.5) is 5.69 Å². The number of rotatable bonds is 5. The molecule has 0 bridgehead atoms. The number of nitrogens with zero attached hydrogens (tertiary/aromatic N) is 2. The zero-order chi connectivity index (χ0) is 18.1. The molecule has 8 heteroatoms.